The Morgan fingerprint density at radius 1 is 1.07 bits per heavy atom. The fraction of sp³-hybridized carbons (Fsp3) is 0.105. The Bertz CT molecular complexity index is 1040. The zero-order valence-corrected chi connectivity index (χ0v) is 16.7. The molecule has 0 atom stereocenters. The Morgan fingerprint density at radius 3 is 2.46 bits per heavy atom. The van der Waals surface area contributed by atoms with Crippen LogP contribution in [0.2, 0.25) is 15.1 Å². The van der Waals surface area contributed by atoms with Crippen molar-refractivity contribution in [3.63, 3.8) is 0 Å². The molecule has 1 N–H and O–H groups in total. The van der Waals surface area contributed by atoms with Gasteiger partial charge in [-0.2, -0.15) is 0 Å². The van der Waals surface area contributed by atoms with Crippen molar-refractivity contribution in [3.05, 3.63) is 68.9 Å². The van der Waals surface area contributed by atoms with E-state index in [0.717, 1.165) is 0 Å². The van der Waals surface area contributed by atoms with Gasteiger partial charge in [0.25, 0.3) is 5.91 Å². The molecule has 3 rings (SSSR count). The van der Waals surface area contributed by atoms with Crippen molar-refractivity contribution in [1.29, 1.82) is 0 Å². The monoisotopic (exact) mass is 438 g/mol. The van der Waals surface area contributed by atoms with Crippen LogP contribution in [0.15, 0.2) is 47.0 Å². The van der Waals surface area contributed by atoms with Crippen molar-refractivity contribution < 1.29 is 18.8 Å². The molecule has 0 radical (unpaired) electrons. The molecule has 0 aliphatic heterocycles. The lowest BCUT2D eigenvalue weighted by atomic mass is 10.1. The van der Waals surface area contributed by atoms with E-state index in [2.05, 4.69) is 10.5 Å². The predicted molar refractivity (Wildman–Crippen MR) is 107 cm³/mol. The Morgan fingerprint density at radius 2 is 1.75 bits per heavy atom. The van der Waals surface area contributed by atoms with Gasteiger partial charge in [-0.15, -0.1) is 0 Å². The average Bonchev–Trinajstić information content (AvgIpc) is 3.06. The summed E-state index contributed by atoms with van der Waals surface area (Å²) in [6.07, 6.45) is 0. The van der Waals surface area contributed by atoms with E-state index in [1.807, 2.05) is 18.2 Å². The van der Waals surface area contributed by atoms with E-state index in [-0.39, 0.29) is 32.1 Å². The van der Waals surface area contributed by atoms with Crippen molar-refractivity contribution in [1.82, 2.24) is 5.16 Å². The third kappa shape index (κ3) is 4.47. The molecule has 6 nitrogen and oxygen atoms in total. The minimum absolute atomic E-state index is 0.159. The Labute approximate surface area is 175 Å². The molecule has 1 heterocycles. The Balaban J connectivity index is 1.69. The lowest BCUT2D eigenvalue weighted by molar-refractivity contribution is -0.119. The second-order valence-electron chi connectivity index (χ2n) is 5.70. The average molecular weight is 440 g/mol. The van der Waals surface area contributed by atoms with Crippen LogP contribution in [0.5, 0.6) is 0 Å². The molecule has 9 heteroatoms. The first-order chi connectivity index (χ1) is 13.4. The lowest BCUT2D eigenvalue weighted by Crippen LogP contribution is -2.21. The van der Waals surface area contributed by atoms with Gasteiger partial charge in [0.1, 0.15) is 17.0 Å². The van der Waals surface area contributed by atoms with Crippen molar-refractivity contribution >= 4 is 52.4 Å². The van der Waals surface area contributed by atoms with Gasteiger partial charge in [-0.25, -0.2) is 4.79 Å². The van der Waals surface area contributed by atoms with Crippen LogP contribution in [-0.2, 0) is 9.53 Å². The summed E-state index contributed by atoms with van der Waals surface area (Å²) in [7, 11) is 0. The minimum Gasteiger partial charge on any atom is -0.452 e. The summed E-state index contributed by atoms with van der Waals surface area (Å²) in [5.41, 5.74) is 1.45. The maximum absolute atomic E-state index is 12.5. The third-order valence-corrected chi connectivity index (χ3v) is 4.77. The van der Waals surface area contributed by atoms with Crippen molar-refractivity contribution in [3.8, 4) is 11.3 Å². The van der Waals surface area contributed by atoms with Gasteiger partial charge >= 0.3 is 5.97 Å². The Hall–Kier alpha value is -2.54. The fourth-order valence-corrected chi connectivity index (χ4v) is 3.01. The largest absolute Gasteiger partial charge is 0.452 e. The van der Waals surface area contributed by atoms with Gasteiger partial charge in [-0.3, -0.25) is 4.79 Å². The quantitative estimate of drug-likeness (QED) is 0.425. The molecule has 3 aromatic rings. The van der Waals surface area contributed by atoms with Crippen LogP contribution in [0.3, 0.4) is 0 Å². The number of hydrogen-bond acceptors (Lipinski definition) is 5. The second-order valence-corrected chi connectivity index (χ2v) is 6.92. The van der Waals surface area contributed by atoms with Gasteiger partial charge in [0.15, 0.2) is 6.61 Å². The number of hydrogen-bond donors (Lipinski definition) is 1. The highest BCUT2D eigenvalue weighted by Crippen LogP contribution is 2.32. The molecule has 0 aliphatic rings. The molecule has 1 aromatic heterocycles. The molecule has 28 heavy (non-hydrogen) atoms. The minimum atomic E-state index is -0.729. The summed E-state index contributed by atoms with van der Waals surface area (Å²) in [5, 5.41) is 7.11. The molecule has 0 unspecified atom stereocenters. The number of nitrogens with zero attached hydrogens (tertiary/aromatic N) is 1. The van der Waals surface area contributed by atoms with E-state index in [1.54, 1.807) is 19.1 Å². The van der Waals surface area contributed by atoms with Crippen LogP contribution < -0.4 is 5.32 Å². The summed E-state index contributed by atoms with van der Waals surface area (Å²) in [6, 6.07) is 11.8. The van der Waals surface area contributed by atoms with Gasteiger partial charge < -0.3 is 14.6 Å². The zero-order valence-electron chi connectivity index (χ0n) is 14.5. The van der Waals surface area contributed by atoms with Gasteiger partial charge in [0, 0.05) is 5.56 Å². The number of ether oxygens (including phenoxy) is 1. The fourth-order valence-electron chi connectivity index (χ4n) is 2.41. The summed E-state index contributed by atoms with van der Waals surface area (Å²) in [6.45, 7) is 1.06. The van der Waals surface area contributed by atoms with Gasteiger partial charge in [0.05, 0.1) is 20.8 Å². The summed E-state index contributed by atoms with van der Waals surface area (Å²) >= 11 is 17.8. The molecule has 0 aliphatic carbocycles. The molecule has 0 spiro atoms. The van der Waals surface area contributed by atoms with Crippen LogP contribution in [0.4, 0.5) is 5.69 Å². The number of anilines is 1. The van der Waals surface area contributed by atoms with E-state index >= 15 is 0 Å². The number of aryl methyl sites for hydroxylation is 1. The van der Waals surface area contributed by atoms with Crippen molar-refractivity contribution in [2.75, 3.05) is 11.9 Å². The Kier molecular flexibility index (Phi) is 6.24. The van der Waals surface area contributed by atoms with E-state index in [4.69, 9.17) is 44.1 Å². The van der Waals surface area contributed by atoms with Crippen LogP contribution in [0, 0.1) is 6.92 Å². The molecule has 0 fully saturated rings. The summed E-state index contributed by atoms with van der Waals surface area (Å²) < 4.78 is 10.2. The zero-order chi connectivity index (χ0) is 20.3. The molecule has 1 amide bonds. The standard InChI is InChI=1S/C19H13Cl3N2O4/c1-10-17(18(24-28-10)11-5-3-2-4-6-11)19(26)27-9-16(25)23-15-8-13(21)12(20)7-14(15)22/h2-8H,9H2,1H3,(H,23,25). The first-order valence-electron chi connectivity index (χ1n) is 8.00. The molecule has 0 saturated heterocycles. The SMILES string of the molecule is Cc1onc(-c2ccccc2)c1C(=O)OCC(=O)Nc1cc(Cl)c(Cl)cc1Cl. The molecular weight excluding hydrogens is 427 g/mol. The third-order valence-electron chi connectivity index (χ3n) is 3.73. The molecule has 144 valence electrons. The number of aromatic nitrogens is 1. The highest BCUT2D eigenvalue weighted by molar-refractivity contribution is 6.44. The van der Waals surface area contributed by atoms with Gasteiger partial charge in [-0.1, -0.05) is 70.3 Å². The summed E-state index contributed by atoms with van der Waals surface area (Å²) in [5.74, 6) is -1.03. The van der Waals surface area contributed by atoms with Gasteiger partial charge in [0.2, 0.25) is 0 Å². The highest BCUT2D eigenvalue weighted by atomic mass is 35.5. The topological polar surface area (TPSA) is 81.4 Å². The number of benzene rings is 2. The second kappa shape index (κ2) is 8.65. The van der Waals surface area contributed by atoms with Gasteiger partial charge in [-0.05, 0) is 19.1 Å². The highest BCUT2D eigenvalue weighted by Gasteiger charge is 2.23. The lowest BCUT2D eigenvalue weighted by Gasteiger charge is -2.09. The predicted octanol–water partition coefficient (Wildman–Crippen LogP) is 5.41. The van der Waals surface area contributed by atoms with E-state index in [0.29, 0.717) is 11.3 Å². The summed E-state index contributed by atoms with van der Waals surface area (Å²) in [4.78, 5) is 24.6. The van der Waals surface area contributed by atoms with E-state index < -0.39 is 18.5 Å². The van der Waals surface area contributed by atoms with E-state index in [1.165, 1.54) is 12.1 Å². The van der Waals surface area contributed by atoms with Crippen LogP contribution in [0.25, 0.3) is 11.3 Å². The van der Waals surface area contributed by atoms with Crippen molar-refractivity contribution in [2.45, 2.75) is 6.92 Å². The molecule has 2 aromatic carbocycles. The number of amides is 1. The van der Waals surface area contributed by atoms with Crippen LogP contribution >= 0.6 is 34.8 Å². The first kappa shape index (κ1) is 20.2. The number of nitrogens with one attached hydrogen (secondary N) is 1. The molecule has 0 bridgehead atoms. The van der Waals surface area contributed by atoms with Crippen LogP contribution in [-0.4, -0.2) is 23.6 Å². The normalized spacial score (nSPS) is 10.6. The molecule has 0 saturated carbocycles. The number of halogens is 3. The molecular formula is C19H13Cl3N2O4. The van der Waals surface area contributed by atoms with Crippen molar-refractivity contribution in [2.24, 2.45) is 0 Å². The van der Waals surface area contributed by atoms with E-state index in [9.17, 15) is 9.59 Å². The number of esters is 1. The first-order valence-corrected chi connectivity index (χ1v) is 9.13. The maximum Gasteiger partial charge on any atom is 0.344 e. The number of rotatable bonds is 5. The van der Waals surface area contributed by atoms with Crippen LogP contribution in [0.1, 0.15) is 16.1 Å². The number of carbonyl (C=O) groups excluding carboxylic acids is 2. The maximum atomic E-state index is 12.5. The smallest absolute Gasteiger partial charge is 0.344 e. The number of carbonyl (C=O) groups is 2.